The van der Waals surface area contributed by atoms with Gasteiger partial charge in [0.1, 0.15) is 5.52 Å². The Balaban J connectivity index is 2.61. The fourth-order valence-electron chi connectivity index (χ4n) is 1.46. The van der Waals surface area contributed by atoms with Crippen molar-refractivity contribution >= 4 is 22.6 Å². The molecule has 0 atom stereocenters. The highest BCUT2D eigenvalue weighted by Crippen LogP contribution is 2.12. The summed E-state index contributed by atoms with van der Waals surface area (Å²) in [6.07, 6.45) is 1.45. The Morgan fingerprint density at radius 2 is 2.31 bits per heavy atom. The summed E-state index contributed by atoms with van der Waals surface area (Å²) >= 11 is 5.61. The summed E-state index contributed by atoms with van der Waals surface area (Å²) in [7, 11) is 0. The van der Waals surface area contributed by atoms with E-state index in [0.717, 1.165) is 0 Å². The van der Waals surface area contributed by atoms with Crippen molar-refractivity contribution in [3.05, 3.63) is 21.8 Å². The number of halogens is 1. The zero-order valence-electron chi connectivity index (χ0n) is 8.86. The molecule has 0 amide bonds. The molecule has 0 unspecified atom stereocenters. The molecule has 2 aromatic rings. The molecule has 0 aliphatic rings. The Kier molecular flexibility index (Phi) is 2.47. The van der Waals surface area contributed by atoms with Crippen LogP contribution in [0.3, 0.4) is 0 Å². The van der Waals surface area contributed by atoms with Crippen molar-refractivity contribution < 1.29 is 5.11 Å². The molecule has 0 aliphatic carbocycles. The minimum Gasteiger partial charge on any atom is -0.389 e. The average Bonchev–Trinajstić information content (AvgIpc) is 2.44. The second kappa shape index (κ2) is 3.57. The van der Waals surface area contributed by atoms with E-state index in [1.54, 1.807) is 13.8 Å². The Labute approximate surface area is 95.9 Å². The highest BCUT2D eigenvalue weighted by atomic mass is 35.5. The van der Waals surface area contributed by atoms with Gasteiger partial charge in [-0.2, -0.15) is 5.10 Å². The maximum atomic E-state index is 11.6. The molecule has 0 radical (unpaired) electrons. The third-order valence-corrected chi connectivity index (χ3v) is 2.19. The maximum Gasteiger partial charge on any atom is 0.278 e. The average molecular weight is 243 g/mol. The van der Waals surface area contributed by atoms with Crippen LogP contribution in [-0.4, -0.2) is 30.5 Å². The van der Waals surface area contributed by atoms with Crippen molar-refractivity contribution in [1.82, 2.24) is 19.7 Å². The van der Waals surface area contributed by atoms with Gasteiger partial charge >= 0.3 is 0 Å². The number of nitrogens with one attached hydrogen (secondary N) is 1. The molecule has 0 bridgehead atoms. The van der Waals surface area contributed by atoms with Gasteiger partial charge in [-0.1, -0.05) is 0 Å². The van der Waals surface area contributed by atoms with Gasteiger partial charge in [0.15, 0.2) is 5.52 Å². The maximum absolute atomic E-state index is 11.6. The van der Waals surface area contributed by atoms with E-state index in [1.165, 1.54) is 10.9 Å². The number of aromatic nitrogens is 4. The quantitative estimate of drug-likeness (QED) is 0.753. The molecule has 2 N–H and O–H groups in total. The van der Waals surface area contributed by atoms with Gasteiger partial charge in [-0.15, -0.1) is 0 Å². The highest BCUT2D eigenvalue weighted by Gasteiger charge is 2.17. The Bertz CT molecular complexity index is 581. The first-order valence-electron chi connectivity index (χ1n) is 4.70. The standard InChI is InChI=1S/C9H11ClN4O2/c1-9(2,16)4-14-6-5(3-11-14)12-8(10)13-7(6)15/h3,16H,4H2,1-2H3,(H,12,13,15). The summed E-state index contributed by atoms with van der Waals surface area (Å²) in [4.78, 5) is 18.0. The first-order chi connectivity index (χ1) is 7.37. The predicted molar refractivity (Wildman–Crippen MR) is 59.5 cm³/mol. The molecular weight excluding hydrogens is 232 g/mol. The van der Waals surface area contributed by atoms with Crippen LogP contribution in [0.25, 0.3) is 11.0 Å². The molecule has 0 spiro atoms. The number of hydrogen-bond acceptors (Lipinski definition) is 4. The van der Waals surface area contributed by atoms with Crippen LogP contribution in [-0.2, 0) is 6.54 Å². The molecule has 16 heavy (non-hydrogen) atoms. The molecular formula is C9H11ClN4O2. The van der Waals surface area contributed by atoms with E-state index in [1.807, 2.05) is 0 Å². The highest BCUT2D eigenvalue weighted by molar-refractivity contribution is 6.28. The molecule has 0 saturated heterocycles. The SMILES string of the molecule is CC(C)(O)Cn1ncc2nc(Cl)[nH]c(=O)c21. The van der Waals surface area contributed by atoms with Gasteiger partial charge in [-0.3, -0.25) is 14.5 Å². The van der Waals surface area contributed by atoms with Crippen LogP contribution in [0.5, 0.6) is 0 Å². The van der Waals surface area contributed by atoms with Crippen molar-refractivity contribution in [3.63, 3.8) is 0 Å². The van der Waals surface area contributed by atoms with Crippen LogP contribution < -0.4 is 5.56 Å². The van der Waals surface area contributed by atoms with Crippen LogP contribution in [0.15, 0.2) is 11.0 Å². The Hall–Kier alpha value is -1.40. The fraction of sp³-hybridized carbons (Fsp3) is 0.444. The van der Waals surface area contributed by atoms with Gasteiger partial charge in [-0.05, 0) is 25.4 Å². The van der Waals surface area contributed by atoms with E-state index in [-0.39, 0.29) is 17.4 Å². The third-order valence-electron chi connectivity index (χ3n) is 2.01. The van der Waals surface area contributed by atoms with Gasteiger partial charge in [-0.25, -0.2) is 4.98 Å². The molecule has 2 rings (SSSR count). The van der Waals surface area contributed by atoms with Crippen LogP contribution in [0.2, 0.25) is 5.28 Å². The van der Waals surface area contributed by atoms with Gasteiger partial charge < -0.3 is 5.11 Å². The van der Waals surface area contributed by atoms with Crippen LogP contribution in [0.4, 0.5) is 0 Å². The minimum atomic E-state index is -0.953. The van der Waals surface area contributed by atoms with Gasteiger partial charge in [0, 0.05) is 0 Å². The lowest BCUT2D eigenvalue weighted by Crippen LogP contribution is -2.28. The predicted octanol–water partition coefficient (Wildman–Crippen LogP) is 0.544. The molecule has 7 heteroatoms. The van der Waals surface area contributed by atoms with Gasteiger partial charge in [0.25, 0.3) is 5.56 Å². The topological polar surface area (TPSA) is 83.8 Å². The summed E-state index contributed by atoms with van der Waals surface area (Å²) < 4.78 is 1.41. The molecule has 86 valence electrons. The largest absolute Gasteiger partial charge is 0.389 e. The molecule has 2 heterocycles. The smallest absolute Gasteiger partial charge is 0.278 e. The number of nitrogens with zero attached hydrogens (tertiary/aromatic N) is 3. The molecule has 0 aromatic carbocycles. The summed E-state index contributed by atoms with van der Waals surface area (Å²) in [5.74, 6) is 0. The first-order valence-corrected chi connectivity index (χ1v) is 5.08. The van der Waals surface area contributed by atoms with Crippen LogP contribution in [0, 0.1) is 0 Å². The Morgan fingerprint density at radius 1 is 1.62 bits per heavy atom. The molecule has 0 aliphatic heterocycles. The normalized spacial score (nSPS) is 12.2. The van der Waals surface area contributed by atoms with E-state index in [4.69, 9.17) is 11.6 Å². The minimum absolute atomic E-state index is 0.0281. The van der Waals surface area contributed by atoms with Crippen LogP contribution >= 0.6 is 11.6 Å². The van der Waals surface area contributed by atoms with Crippen molar-refractivity contribution in [2.75, 3.05) is 0 Å². The number of hydrogen-bond donors (Lipinski definition) is 2. The number of fused-ring (bicyclic) bond motifs is 1. The Morgan fingerprint density at radius 3 is 2.94 bits per heavy atom. The molecule has 6 nitrogen and oxygen atoms in total. The van der Waals surface area contributed by atoms with E-state index >= 15 is 0 Å². The fourth-order valence-corrected chi connectivity index (χ4v) is 1.64. The number of aromatic amines is 1. The van der Waals surface area contributed by atoms with Crippen molar-refractivity contribution in [2.45, 2.75) is 26.0 Å². The van der Waals surface area contributed by atoms with Crippen molar-refractivity contribution in [3.8, 4) is 0 Å². The van der Waals surface area contributed by atoms with Gasteiger partial charge in [0.2, 0.25) is 5.28 Å². The molecule has 0 saturated carbocycles. The lowest BCUT2D eigenvalue weighted by Gasteiger charge is -2.16. The lowest BCUT2D eigenvalue weighted by molar-refractivity contribution is 0.0591. The number of H-pyrrole nitrogens is 1. The number of aliphatic hydroxyl groups is 1. The summed E-state index contributed by atoms with van der Waals surface area (Å²) in [6.45, 7) is 3.49. The first kappa shape index (κ1) is 11.1. The summed E-state index contributed by atoms with van der Waals surface area (Å²) in [5, 5.41) is 13.7. The number of rotatable bonds is 2. The van der Waals surface area contributed by atoms with E-state index in [9.17, 15) is 9.90 Å². The third kappa shape index (κ3) is 2.07. The van der Waals surface area contributed by atoms with E-state index < -0.39 is 5.60 Å². The summed E-state index contributed by atoms with van der Waals surface area (Å²) in [5.41, 5.74) is -0.591. The van der Waals surface area contributed by atoms with E-state index in [0.29, 0.717) is 11.0 Å². The summed E-state index contributed by atoms with van der Waals surface area (Å²) in [6, 6.07) is 0. The second-order valence-corrected chi connectivity index (χ2v) is 4.56. The zero-order chi connectivity index (χ0) is 11.9. The van der Waals surface area contributed by atoms with Crippen molar-refractivity contribution in [2.24, 2.45) is 0 Å². The second-order valence-electron chi connectivity index (χ2n) is 4.21. The lowest BCUT2D eigenvalue weighted by atomic mass is 10.1. The molecule has 2 aromatic heterocycles. The van der Waals surface area contributed by atoms with Crippen molar-refractivity contribution in [1.29, 1.82) is 0 Å². The zero-order valence-corrected chi connectivity index (χ0v) is 9.62. The monoisotopic (exact) mass is 242 g/mol. The van der Waals surface area contributed by atoms with Gasteiger partial charge in [0.05, 0.1) is 18.3 Å². The van der Waals surface area contributed by atoms with Crippen LogP contribution in [0.1, 0.15) is 13.8 Å². The molecule has 0 fully saturated rings. The van der Waals surface area contributed by atoms with E-state index in [2.05, 4.69) is 15.1 Å².